The SMILES string of the molecule is C=C1CC(C)C/C=C\CO/C(c2cc(-c3ccc4c(=O)n(-c5ccc(F)cc5)c(CCCCC(=O)O)nc4c3)no2)=N\1. The predicted octanol–water partition coefficient (Wildman–Crippen LogP) is 6.24. The summed E-state index contributed by atoms with van der Waals surface area (Å²) in [5.41, 5.74) is 2.50. The molecule has 2 aromatic carbocycles. The number of aliphatic carboxylic acids is 1. The standard InChI is InChI=1S/C32H31FN4O5/c1-20-7-5-6-16-41-31(34-21(2)17-20)28-19-26(36-42-28)22-10-15-25-27(18-22)35-29(8-3-4-9-30(38)39)37(32(25)40)24-13-11-23(33)12-14-24/h5-6,10-15,18-20H,2-4,7-9,16-17H2,1H3,(H,38,39)/b6-5-,34-31-. The smallest absolute Gasteiger partial charge is 0.303 e. The molecule has 0 fully saturated rings. The molecule has 9 nitrogen and oxygen atoms in total. The molecular weight excluding hydrogens is 539 g/mol. The minimum absolute atomic E-state index is 0.0185. The van der Waals surface area contributed by atoms with E-state index in [1.54, 1.807) is 24.3 Å². The molecule has 0 bridgehead atoms. The van der Waals surface area contributed by atoms with Gasteiger partial charge in [-0.2, -0.15) is 0 Å². The molecule has 216 valence electrons. The first-order valence-electron chi connectivity index (χ1n) is 13.8. The molecule has 0 radical (unpaired) electrons. The summed E-state index contributed by atoms with van der Waals surface area (Å²) in [6, 6.07) is 12.5. The molecule has 0 saturated carbocycles. The number of nitrogens with zero attached hydrogens (tertiary/aromatic N) is 4. The maximum absolute atomic E-state index is 13.7. The van der Waals surface area contributed by atoms with Crippen LogP contribution >= 0.6 is 0 Å². The molecule has 10 heteroatoms. The van der Waals surface area contributed by atoms with Crippen LogP contribution in [-0.4, -0.2) is 38.3 Å². The number of aryl methyl sites for hydroxylation is 1. The van der Waals surface area contributed by atoms with Gasteiger partial charge in [-0.25, -0.2) is 14.4 Å². The molecule has 3 heterocycles. The zero-order chi connectivity index (χ0) is 29.6. The Kier molecular flexibility index (Phi) is 8.71. The number of carboxylic acid groups (broad SMARTS) is 1. The van der Waals surface area contributed by atoms with Crippen LogP contribution < -0.4 is 5.56 Å². The highest BCUT2D eigenvalue weighted by atomic mass is 19.1. The Balaban J connectivity index is 1.50. The topological polar surface area (TPSA) is 120 Å². The number of unbranched alkanes of at least 4 members (excludes halogenated alkanes) is 1. The number of carboxylic acids is 1. The molecule has 1 atom stereocenters. The predicted molar refractivity (Wildman–Crippen MR) is 157 cm³/mol. The van der Waals surface area contributed by atoms with E-state index in [0.29, 0.717) is 82.8 Å². The van der Waals surface area contributed by atoms with Crippen molar-refractivity contribution < 1.29 is 23.6 Å². The number of hydrogen-bond acceptors (Lipinski definition) is 7. The highest BCUT2D eigenvalue weighted by Crippen LogP contribution is 2.25. The summed E-state index contributed by atoms with van der Waals surface area (Å²) >= 11 is 0. The van der Waals surface area contributed by atoms with Gasteiger partial charge in [0.1, 0.15) is 23.9 Å². The van der Waals surface area contributed by atoms with Crippen LogP contribution in [0.5, 0.6) is 0 Å². The van der Waals surface area contributed by atoms with Crippen molar-refractivity contribution in [2.45, 2.75) is 45.4 Å². The number of halogens is 1. The first-order chi connectivity index (χ1) is 20.3. The molecule has 1 N–H and O–H groups in total. The third-order valence-corrected chi connectivity index (χ3v) is 6.95. The van der Waals surface area contributed by atoms with Crippen LogP contribution in [-0.2, 0) is 16.0 Å². The second-order valence-electron chi connectivity index (χ2n) is 10.4. The van der Waals surface area contributed by atoms with E-state index in [2.05, 4.69) is 29.7 Å². The van der Waals surface area contributed by atoms with Gasteiger partial charge in [0, 0.05) is 30.2 Å². The zero-order valence-corrected chi connectivity index (χ0v) is 23.3. The van der Waals surface area contributed by atoms with Crippen molar-refractivity contribution in [2.75, 3.05) is 6.61 Å². The summed E-state index contributed by atoms with van der Waals surface area (Å²) in [6.07, 6.45) is 7.01. The minimum Gasteiger partial charge on any atom is -0.481 e. The molecule has 0 spiro atoms. The second kappa shape index (κ2) is 12.8. The lowest BCUT2D eigenvalue weighted by atomic mass is 10.0. The Morgan fingerprint density at radius 1 is 1.14 bits per heavy atom. The lowest BCUT2D eigenvalue weighted by Gasteiger charge is -2.14. The fourth-order valence-electron chi connectivity index (χ4n) is 4.84. The summed E-state index contributed by atoms with van der Waals surface area (Å²) in [5.74, 6) is 0.201. The first kappa shape index (κ1) is 28.7. The average molecular weight is 571 g/mol. The molecule has 1 aliphatic rings. The van der Waals surface area contributed by atoms with Crippen LogP contribution in [0.25, 0.3) is 27.8 Å². The Bertz CT molecular complexity index is 1740. The molecule has 1 aliphatic heterocycles. The number of rotatable bonds is 8. The van der Waals surface area contributed by atoms with Crippen molar-refractivity contribution >= 4 is 22.8 Å². The highest BCUT2D eigenvalue weighted by Gasteiger charge is 2.18. The first-order valence-corrected chi connectivity index (χ1v) is 13.8. The van der Waals surface area contributed by atoms with Gasteiger partial charge in [0.2, 0.25) is 5.76 Å². The van der Waals surface area contributed by atoms with E-state index >= 15 is 0 Å². The number of carbonyl (C=O) groups is 1. The molecule has 2 aromatic heterocycles. The third kappa shape index (κ3) is 6.71. The lowest BCUT2D eigenvalue weighted by Crippen LogP contribution is -2.24. The number of benzene rings is 2. The summed E-state index contributed by atoms with van der Waals surface area (Å²) in [6.45, 7) is 6.54. The largest absolute Gasteiger partial charge is 0.481 e. The summed E-state index contributed by atoms with van der Waals surface area (Å²) in [7, 11) is 0. The van der Waals surface area contributed by atoms with Crippen molar-refractivity contribution in [3.8, 4) is 16.9 Å². The van der Waals surface area contributed by atoms with Gasteiger partial charge in [-0.15, -0.1) is 0 Å². The summed E-state index contributed by atoms with van der Waals surface area (Å²) < 4.78 is 26.5. The van der Waals surface area contributed by atoms with E-state index in [9.17, 15) is 14.0 Å². The lowest BCUT2D eigenvalue weighted by molar-refractivity contribution is -0.137. The van der Waals surface area contributed by atoms with Crippen molar-refractivity contribution in [3.05, 3.63) is 101 Å². The van der Waals surface area contributed by atoms with Crippen LogP contribution in [0.2, 0.25) is 0 Å². The average Bonchev–Trinajstić information content (AvgIpc) is 3.45. The minimum atomic E-state index is -0.883. The molecule has 0 saturated heterocycles. The maximum Gasteiger partial charge on any atom is 0.303 e. The molecular formula is C32H31FN4O5. The quantitative estimate of drug-likeness (QED) is 0.197. The summed E-state index contributed by atoms with van der Waals surface area (Å²) in [5, 5.41) is 13.6. The van der Waals surface area contributed by atoms with Crippen LogP contribution in [0.15, 0.2) is 87.3 Å². The van der Waals surface area contributed by atoms with E-state index in [0.717, 1.165) is 12.8 Å². The van der Waals surface area contributed by atoms with Gasteiger partial charge in [-0.05, 0) is 68.0 Å². The molecule has 5 rings (SSSR count). The second-order valence-corrected chi connectivity index (χ2v) is 10.4. The van der Waals surface area contributed by atoms with Gasteiger partial charge in [-0.1, -0.05) is 36.9 Å². The normalized spacial score (nSPS) is 17.8. The van der Waals surface area contributed by atoms with Crippen LogP contribution in [0, 0.1) is 11.7 Å². The van der Waals surface area contributed by atoms with Gasteiger partial charge < -0.3 is 14.4 Å². The van der Waals surface area contributed by atoms with Gasteiger partial charge >= 0.3 is 5.97 Å². The van der Waals surface area contributed by atoms with Crippen molar-refractivity contribution in [2.24, 2.45) is 10.9 Å². The van der Waals surface area contributed by atoms with E-state index in [4.69, 9.17) is 19.4 Å². The fourth-order valence-corrected chi connectivity index (χ4v) is 4.84. The number of fused-ring (bicyclic) bond motifs is 1. The van der Waals surface area contributed by atoms with E-state index in [1.807, 2.05) is 6.08 Å². The molecule has 1 unspecified atom stereocenters. The fraction of sp³-hybridized carbons (Fsp3) is 0.281. The van der Waals surface area contributed by atoms with Crippen molar-refractivity contribution in [3.63, 3.8) is 0 Å². The Labute approximate surface area is 241 Å². The third-order valence-electron chi connectivity index (χ3n) is 6.95. The highest BCUT2D eigenvalue weighted by molar-refractivity contribution is 5.93. The van der Waals surface area contributed by atoms with Crippen LogP contribution in [0.4, 0.5) is 4.39 Å². The molecule has 4 aromatic rings. The number of allylic oxidation sites excluding steroid dienone is 2. The van der Waals surface area contributed by atoms with Gasteiger partial charge in [0.05, 0.1) is 16.6 Å². The van der Waals surface area contributed by atoms with Crippen LogP contribution in [0.3, 0.4) is 0 Å². The van der Waals surface area contributed by atoms with E-state index in [1.165, 1.54) is 28.8 Å². The monoisotopic (exact) mass is 570 g/mol. The van der Waals surface area contributed by atoms with Gasteiger partial charge in [0.25, 0.3) is 11.5 Å². The number of aliphatic imine (C=N–C) groups is 1. The Morgan fingerprint density at radius 2 is 1.95 bits per heavy atom. The maximum atomic E-state index is 13.7. The number of hydrogen-bond donors (Lipinski definition) is 1. The summed E-state index contributed by atoms with van der Waals surface area (Å²) in [4.78, 5) is 34.0. The molecule has 42 heavy (non-hydrogen) atoms. The molecule has 0 amide bonds. The zero-order valence-electron chi connectivity index (χ0n) is 23.3. The van der Waals surface area contributed by atoms with Crippen molar-refractivity contribution in [1.29, 1.82) is 0 Å². The van der Waals surface area contributed by atoms with Crippen molar-refractivity contribution in [1.82, 2.24) is 14.7 Å². The number of aromatic nitrogens is 3. The Hall–Kier alpha value is -4.86. The Morgan fingerprint density at radius 3 is 2.74 bits per heavy atom. The molecule has 0 aliphatic carbocycles. The van der Waals surface area contributed by atoms with Gasteiger partial charge in [0.15, 0.2) is 0 Å². The number of ether oxygens (including phenoxy) is 1. The van der Waals surface area contributed by atoms with E-state index < -0.39 is 11.8 Å². The van der Waals surface area contributed by atoms with E-state index in [-0.39, 0.29) is 12.0 Å². The van der Waals surface area contributed by atoms with Crippen LogP contribution in [0.1, 0.15) is 50.6 Å². The van der Waals surface area contributed by atoms with Gasteiger partial charge in [-0.3, -0.25) is 14.2 Å².